The van der Waals surface area contributed by atoms with Crippen LogP contribution in [-0.4, -0.2) is 42.6 Å². The van der Waals surface area contributed by atoms with Crippen LogP contribution in [0.25, 0.3) is 0 Å². The van der Waals surface area contributed by atoms with E-state index < -0.39 is 0 Å². The molecule has 2 aromatic rings. The standard InChI is InChI=1S/C18H21N5O2/c1-22-10-16(24)23(13-5-7-14(25-2)8-6-13)9-15-17(21-12-3-4-12)19-11-20-18(15)22/h5-8,11-12H,3-4,9-10H2,1-2H3,(H,19,20,21). The van der Waals surface area contributed by atoms with Gasteiger partial charge >= 0.3 is 0 Å². The van der Waals surface area contributed by atoms with Crippen molar-refractivity contribution in [3.05, 3.63) is 36.2 Å². The molecule has 1 aromatic heterocycles. The molecule has 1 amide bonds. The van der Waals surface area contributed by atoms with Crippen LogP contribution in [0, 0.1) is 0 Å². The van der Waals surface area contributed by atoms with Crippen molar-refractivity contribution in [2.45, 2.75) is 25.4 Å². The molecule has 0 bridgehead atoms. The lowest BCUT2D eigenvalue weighted by molar-refractivity contribution is -0.117. The zero-order valence-electron chi connectivity index (χ0n) is 14.4. The van der Waals surface area contributed by atoms with Gasteiger partial charge in [-0.3, -0.25) is 4.79 Å². The first-order valence-corrected chi connectivity index (χ1v) is 8.41. The smallest absolute Gasteiger partial charge is 0.246 e. The van der Waals surface area contributed by atoms with E-state index in [1.54, 1.807) is 18.3 Å². The zero-order chi connectivity index (χ0) is 17.4. The van der Waals surface area contributed by atoms with Crippen molar-refractivity contribution >= 4 is 23.2 Å². The van der Waals surface area contributed by atoms with Crippen LogP contribution in [0.5, 0.6) is 5.75 Å². The molecule has 2 heterocycles. The first-order valence-electron chi connectivity index (χ1n) is 8.41. The van der Waals surface area contributed by atoms with Crippen LogP contribution in [0.1, 0.15) is 18.4 Å². The quantitative estimate of drug-likeness (QED) is 0.919. The summed E-state index contributed by atoms with van der Waals surface area (Å²) in [5.74, 6) is 2.43. The van der Waals surface area contributed by atoms with Gasteiger partial charge < -0.3 is 19.9 Å². The summed E-state index contributed by atoms with van der Waals surface area (Å²) in [6, 6.07) is 8.02. The molecule has 2 aliphatic rings. The number of aromatic nitrogens is 2. The van der Waals surface area contributed by atoms with Gasteiger partial charge in [0.25, 0.3) is 0 Å². The average Bonchev–Trinajstić information content (AvgIpc) is 3.44. The number of nitrogens with one attached hydrogen (secondary N) is 1. The van der Waals surface area contributed by atoms with E-state index >= 15 is 0 Å². The number of nitrogens with zero attached hydrogens (tertiary/aromatic N) is 4. The molecule has 7 nitrogen and oxygen atoms in total. The lowest BCUT2D eigenvalue weighted by Gasteiger charge is -2.21. The molecule has 0 radical (unpaired) electrons. The third kappa shape index (κ3) is 3.09. The molecule has 0 spiro atoms. The van der Waals surface area contributed by atoms with Crippen LogP contribution in [-0.2, 0) is 11.3 Å². The van der Waals surface area contributed by atoms with Gasteiger partial charge in [0.15, 0.2) is 0 Å². The Labute approximate surface area is 146 Å². The summed E-state index contributed by atoms with van der Waals surface area (Å²) >= 11 is 0. The Hall–Kier alpha value is -2.83. The third-order valence-corrected chi connectivity index (χ3v) is 4.58. The van der Waals surface area contributed by atoms with E-state index in [0.29, 0.717) is 12.6 Å². The molecular formula is C18H21N5O2. The highest BCUT2D eigenvalue weighted by Gasteiger charge is 2.30. The Balaban J connectivity index is 1.71. The maximum Gasteiger partial charge on any atom is 0.246 e. The van der Waals surface area contributed by atoms with E-state index in [0.717, 1.165) is 41.5 Å². The monoisotopic (exact) mass is 339 g/mol. The number of carbonyl (C=O) groups excluding carboxylic acids is 1. The molecule has 1 aliphatic carbocycles. The Morgan fingerprint density at radius 1 is 1.16 bits per heavy atom. The fourth-order valence-corrected chi connectivity index (χ4v) is 3.03. The van der Waals surface area contributed by atoms with Gasteiger partial charge in [0.2, 0.25) is 5.91 Å². The van der Waals surface area contributed by atoms with Crippen LogP contribution in [0.4, 0.5) is 17.3 Å². The van der Waals surface area contributed by atoms with Crippen molar-refractivity contribution < 1.29 is 9.53 Å². The molecule has 1 fully saturated rings. The number of hydrogen-bond acceptors (Lipinski definition) is 6. The van der Waals surface area contributed by atoms with E-state index in [1.807, 2.05) is 36.2 Å². The second-order valence-electron chi connectivity index (χ2n) is 6.48. The second kappa shape index (κ2) is 6.23. The summed E-state index contributed by atoms with van der Waals surface area (Å²) in [5, 5.41) is 3.46. The van der Waals surface area contributed by atoms with Gasteiger partial charge in [0.05, 0.1) is 25.8 Å². The third-order valence-electron chi connectivity index (χ3n) is 4.58. The number of methoxy groups -OCH3 is 1. The van der Waals surface area contributed by atoms with Gasteiger partial charge in [-0.05, 0) is 37.1 Å². The fourth-order valence-electron chi connectivity index (χ4n) is 3.03. The maximum atomic E-state index is 12.8. The predicted molar refractivity (Wildman–Crippen MR) is 96.1 cm³/mol. The van der Waals surface area contributed by atoms with Crippen molar-refractivity contribution in [1.29, 1.82) is 0 Å². The van der Waals surface area contributed by atoms with Gasteiger partial charge in [-0.15, -0.1) is 0 Å². The molecule has 4 rings (SSSR count). The van der Waals surface area contributed by atoms with Crippen LogP contribution in [0.15, 0.2) is 30.6 Å². The highest BCUT2D eigenvalue weighted by molar-refractivity contribution is 5.97. The Morgan fingerprint density at radius 2 is 1.92 bits per heavy atom. The number of likely N-dealkylation sites (N-methyl/N-ethyl adjacent to an activating group) is 1. The van der Waals surface area contributed by atoms with Crippen LogP contribution >= 0.6 is 0 Å². The molecule has 25 heavy (non-hydrogen) atoms. The van der Waals surface area contributed by atoms with Crippen molar-refractivity contribution in [1.82, 2.24) is 9.97 Å². The van der Waals surface area contributed by atoms with E-state index in [2.05, 4.69) is 15.3 Å². The minimum atomic E-state index is 0.0306. The summed E-state index contributed by atoms with van der Waals surface area (Å²) in [7, 11) is 3.52. The molecule has 1 saturated carbocycles. The number of rotatable bonds is 4. The second-order valence-corrected chi connectivity index (χ2v) is 6.48. The zero-order valence-corrected chi connectivity index (χ0v) is 14.4. The molecule has 1 aromatic carbocycles. The van der Waals surface area contributed by atoms with Crippen LogP contribution in [0.3, 0.4) is 0 Å². The number of carbonyl (C=O) groups is 1. The normalized spacial score (nSPS) is 17.1. The molecule has 1 aliphatic heterocycles. The molecular weight excluding hydrogens is 318 g/mol. The Bertz CT molecular complexity index is 789. The van der Waals surface area contributed by atoms with Crippen molar-refractivity contribution in [3.8, 4) is 5.75 Å². The Morgan fingerprint density at radius 3 is 2.60 bits per heavy atom. The van der Waals surface area contributed by atoms with Gasteiger partial charge in [-0.2, -0.15) is 0 Å². The fraction of sp³-hybridized carbons (Fsp3) is 0.389. The number of benzene rings is 1. The van der Waals surface area contributed by atoms with E-state index in [9.17, 15) is 4.79 Å². The molecule has 1 N–H and O–H groups in total. The van der Waals surface area contributed by atoms with E-state index in [-0.39, 0.29) is 12.5 Å². The van der Waals surface area contributed by atoms with Gasteiger partial charge in [-0.1, -0.05) is 0 Å². The predicted octanol–water partition coefficient (Wildman–Crippen LogP) is 2.04. The van der Waals surface area contributed by atoms with Crippen molar-refractivity contribution in [2.75, 3.05) is 35.8 Å². The van der Waals surface area contributed by atoms with Gasteiger partial charge in [0, 0.05) is 18.8 Å². The van der Waals surface area contributed by atoms with Gasteiger partial charge in [-0.25, -0.2) is 9.97 Å². The number of anilines is 3. The van der Waals surface area contributed by atoms with E-state index in [4.69, 9.17) is 4.74 Å². The number of hydrogen-bond donors (Lipinski definition) is 1. The average molecular weight is 339 g/mol. The van der Waals surface area contributed by atoms with Gasteiger partial charge in [0.1, 0.15) is 23.7 Å². The van der Waals surface area contributed by atoms with Crippen LogP contribution < -0.4 is 19.9 Å². The highest BCUT2D eigenvalue weighted by Crippen LogP contribution is 2.33. The lowest BCUT2D eigenvalue weighted by Crippen LogP contribution is -2.35. The maximum absolute atomic E-state index is 12.8. The topological polar surface area (TPSA) is 70.6 Å². The summed E-state index contributed by atoms with van der Waals surface area (Å²) in [4.78, 5) is 25.3. The summed E-state index contributed by atoms with van der Waals surface area (Å²) in [6.07, 6.45) is 3.89. The largest absolute Gasteiger partial charge is 0.497 e. The molecule has 0 atom stereocenters. The van der Waals surface area contributed by atoms with Crippen molar-refractivity contribution in [2.24, 2.45) is 0 Å². The Kier molecular flexibility index (Phi) is 3.91. The van der Waals surface area contributed by atoms with E-state index in [1.165, 1.54) is 0 Å². The minimum Gasteiger partial charge on any atom is -0.497 e. The highest BCUT2D eigenvalue weighted by atomic mass is 16.5. The van der Waals surface area contributed by atoms with Crippen molar-refractivity contribution in [3.63, 3.8) is 0 Å². The summed E-state index contributed by atoms with van der Waals surface area (Å²) in [6.45, 7) is 0.722. The first-order chi connectivity index (χ1) is 12.2. The number of ether oxygens (including phenoxy) is 1. The molecule has 0 unspecified atom stereocenters. The first kappa shape index (κ1) is 15.7. The summed E-state index contributed by atoms with van der Waals surface area (Å²) < 4.78 is 5.21. The number of fused-ring (bicyclic) bond motifs is 1. The molecule has 130 valence electrons. The van der Waals surface area contributed by atoms with Crippen LogP contribution in [0.2, 0.25) is 0 Å². The summed E-state index contributed by atoms with van der Waals surface area (Å²) in [5.41, 5.74) is 1.80. The number of amides is 1. The minimum absolute atomic E-state index is 0.0306. The SMILES string of the molecule is COc1ccc(N2Cc3c(NC4CC4)ncnc3N(C)CC2=O)cc1. The molecule has 7 heteroatoms. The molecule has 0 saturated heterocycles. The lowest BCUT2D eigenvalue weighted by atomic mass is 10.2.